The summed E-state index contributed by atoms with van der Waals surface area (Å²) in [5.74, 6) is 0. The van der Waals surface area contributed by atoms with Crippen molar-refractivity contribution in [3.8, 4) is 0 Å². The summed E-state index contributed by atoms with van der Waals surface area (Å²) in [7, 11) is 3.94. The molecule has 2 nitrogen and oxygen atoms in total. The third kappa shape index (κ3) is 2.03. The predicted molar refractivity (Wildman–Crippen MR) is 63.0 cm³/mol. The van der Waals surface area contributed by atoms with Gasteiger partial charge in [0.2, 0.25) is 0 Å². The minimum atomic E-state index is 0.236. The molecule has 1 aliphatic heterocycles. The van der Waals surface area contributed by atoms with Crippen molar-refractivity contribution in [3.63, 3.8) is 0 Å². The maximum absolute atomic E-state index is 5.53. The van der Waals surface area contributed by atoms with Crippen LogP contribution in [-0.4, -0.2) is 32.1 Å². The van der Waals surface area contributed by atoms with Gasteiger partial charge in [0.15, 0.2) is 0 Å². The first-order chi connectivity index (χ1) is 6.70. The third-order valence-electron chi connectivity index (χ3n) is 2.64. The Bertz CT molecular complexity index is 326. The van der Waals surface area contributed by atoms with Crippen molar-refractivity contribution in [2.45, 2.75) is 12.5 Å². The number of nitrogens with zero attached hydrogens (tertiary/aromatic N) is 1. The molecule has 0 radical (unpaired) electrons. The molecule has 0 N–H and O–H groups in total. The zero-order chi connectivity index (χ0) is 10.1. The van der Waals surface area contributed by atoms with Crippen molar-refractivity contribution in [1.29, 1.82) is 0 Å². The molecule has 1 unspecified atom stereocenters. The SMILES string of the molecule is COC1CN(C)CCc2sc(Br)cc21. The van der Waals surface area contributed by atoms with Gasteiger partial charge in [0, 0.05) is 25.1 Å². The van der Waals surface area contributed by atoms with Crippen LogP contribution in [0.4, 0.5) is 0 Å². The van der Waals surface area contributed by atoms with Gasteiger partial charge in [-0.15, -0.1) is 11.3 Å². The van der Waals surface area contributed by atoms with Crippen LogP contribution in [0.3, 0.4) is 0 Å². The van der Waals surface area contributed by atoms with E-state index in [4.69, 9.17) is 4.74 Å². The van der Waals surface area contributed by atoms with E-state index in [1.54, 1.807) is 7.11 Å². The summed E-state index contributed by atoms with van der Waals surface area (Å²) in [6.45, 7) is 2.12. The molecule has 78 valence electrons. The molecule has 0 amide bonds. The van der Waals surface area contributed by atoms with Gasteiger partial charge >= 0.3 is 0 Å². The molecule has 2 rings (SSSR count). The van der Waals surface area contributed by atoms with E-state index in [0.29, 0.717) is 0 Å². The van der Waals surface area contributed by atoms with Gasteiger partial charge in [-0.2, -0.15) is 0 Å². The highest BCUT2D eigenvalue weighted by Gasteiger charge is 2.22. The molecule has 14 heavy (non-hydrogen) atoms. The molecule has 1 atom stereocenters. The van der Waals surface area contributed by atoms with E-state index in [1.165, 1.54) is 14.2 Å². The van der Waals surface area contributed by atoms with E-state index in [-0.39, 0.29) is 6.10 Å². The van der Waals surface area contributed by atoms with E-state index in [9.17, 15) is 0 Å². The molecule has 0 saturated heterocycles. The zero-order valence-corrected chi connectivity index (χ0v) is 10.8. The van der Waals surface area contributed by atoms with Crippen LogP contribution in [0.15, 0.2) is 9.85 Å². The van der Waals surface area contributed by atoms with Gasteiger partial charge in [-0.25, -0.2) is 0 Å². The molecule has 0 saturated carbocycles. The summed E-state index contributed by atoms with van der Waals surface area (Å²) < 4.78 is 6.74. The molecule has 0 fully saturated rings. The van der Waals surface area contributed by atoms with Gasteiger partial charge < -0.3 is 9.64 Å². The lowest BCUT2D eigenvalue weighted by atomic mass is 10.1. The van der Waals surface area contributed by atoms with Crippen molar-refractivity contribution >= 4 is 27.3 Å². The maximum Gasteiger partial charge on any atom is 0.0958 e. The van der Waals surface area contributed by atoms with E-state index in [2.05, 4.69) is 33.9 Å². The second kappa shape index (κ2) is 4.31. The summed E-state index contributed by atoms with van der Waals surface area (Å²) in [4.78, 5) is 3.79. The number of fused-ring (bicyclic) bond motifs is 1. The first-order valence-electron chi connectivity index (χ1n) is 4.70. The fourth-order valence-corrected chi connectivity index (χ4v) is 3.60. The lowest BCUT2D eigenvalue weighted by Gasteiger charge is -2.18. The molecule has 1 aromatic rings. The van der Waals surface area contributed by atoms with Crippen LogP contribution in [0.2, 0.25) is 0 Å². The summed E-state index contributed by atoms with van der Waals surface area (Å²) in [5, 5.41) is 0. The number of hydrogen-bond acceptors (Lipinski definition) is 3. The largest absolute Gasteiger partial charge is 0.375 e. The van der Waals surface area contributed by atoms with E-state index in [0.717, 1.165) is 19.5 Å². The van der Waals surface area contributed by atoms with E-state index >= 15 is 0 Å². The zero-order valence-electron chi connectivity index (χ0n) is 8.42. The summed E-state index contributed by atoms with van der Waals surface area (Å²) >= 11 is 5.37. The van der Waals surface area contributed by atoms with Crippen molar-refractivity contribution in [1.82, 2.24) is 4.90 Å². The Hall–Kier alpha value is 0.100. The number of hydrogen-bond donors (Lipinski definition) is 0. The average Bonchev–Trinajstić information content (AvgIpc) is 2.46. The van der Waals surface area contributed by atoms with Crippen LogP contribution in [0.25, 0.3) is 0 Å². The fraction of sp³-hybridized carbons (Fsp3) is 0.600. The van der Waals surface area contributed by atoms with Gasteiger partial charge in [0.05, 0.1) is 9.89 Å². The first-order valence-corrected chi connectivity index (χ1v) is 6.31. The molecule has 0 bridgehead atoms. The summed E-state index contributed by atoms with van der Waals surface area (Å²) in [6.07, 6.45) is 1.38. The molecule has 1 aliphatic rings. The molecule has 4 heteroatoms. The predicted octanol–water partition coefficient (Wildman–Crippen LogP) is 2.69. The average molecular weight is 276 g/mol. The number of likely N-dealkylation sites (N-methyl/N-ethyl adjacent to an activating group) is 1. The van der Waals surface area contributed by atoms with Crippen LogP contribution in [0, 0.1) is 0 Å². The van der Waals surface area contributed by atoms with E-state index < -0.39 is 0 Å². The monoisotopic (exact) mass is 275 g/mol. The minimum absolute atomic E-state index is 0.236. The maximum atomic E-state index is 5.53. The quantitative estimate of drug-likeness (QED) is 0.782. The molecule has 0 spiro atoms. The molecular weight excluding hydrogens is 262 g/mol. The summed E-state index contributed by atoms with van der Waals surface area (Å²) in [5.41, 5.74) is 1.37. The van der Waals surface area contributed by atoms with Gasteiger partial charge in [0.1, 0.15) is 0 Å². The summed E-state index contributed by atoms with van der Waals surface area (Å²) in [6, 6.07) is 2.20. The molecule has 0 aliphatic carbocycles. The van der Waals surface area contributed by atoms with Crippen LogP contribution >= 0.6 is 27.3 Å². The Balaban J connectivity index is 2.33. The number of rotatable bonds is 1. The highest BCUT2D eigenvalue weighted by atomic mass is 79.9. The second-order valence-corrected chi connectivity index (χ2v) is 6.18. The number of thiophene rings is 1. The van der Waals surface area contributed by atoms with Crippen LogP contribution in [0.5, 0.6) is 0 Å². The van der Waals surface area contributed by atoms with Gasteiger partial charge in [-0.05, 0) is 41.0 Å². The Kier molecular flexibility index (Phi) is 3.27. The number of halogens is 1. The lowest BCUT2D eigenvalue weighted by Crippen LogP contribution is -2.24. The lowest BCUT2D eigenvalue weighted by molar-refractivity contribution is 0.0763. The van der Waals surface area contributed by atoms with Crippen molar-refractivity contribution < 1.29 is 4.74 Å². The molecule has 2 heterocycles. The topological polar surface area (TPSA) is 12.5 Å². The minimum Gasteiger partial charge on any atom is -0.375 e. The Morgan fingerprint density at radius 2 is 2.43 bits per heavy atom. The van der Waals surface area contributed by atoms with Gasteiger partial charge in [-0.3, -0.25) is 0 Å². The normalized spacial score (nSPS) is 23.2. The number of ether oxygens (including phenoxy) is 1. The smallest absolute Gasteiger partial charge is 0.0958 e. The van der Waals surface area contributed by atoms with Gasteiger partial charge in [-0.1, -0.05) is 0 Å². The highest BCUT2D eigenvalue weighted by Crippen LogP contribution is 2.35. The van der Waals surface area contributed by atoms with Crippen LogP contribution < -0.4 is 0 Å². The standard InChI is InChI=1S/C10H14BrNOS/c1-12-4-3-9-7(5-10(11)14-9)8(6-12)13-2/h5,8H,3-4,6H2,1-2H3. The molecule has 1 aromatic heterocycles. The van der Waals surface area contributed by atoms with Crippen molar-refractivity contribution in [2.75, 3.05) is 27.2 Å². The van der Waals surface area contributed by atoms with Crippen LogP contribution in [0.1, 0.15) is 16.5 Å². The highest BCUT2D eigenvalue weighted by molar-refractivity contribution is 9.11. The second-order valence-electron chi connectivity index (χ2n) is 3.67. The number of methoxy groups -OCH3 is 1. The Labute approximate surface area is 97.0 Å². The first kappa shape index (κ1) is 10.6. The van der Waals surface area contributed by atoms with Gasteiger partial charge in [0.25, 0.3) is 0 Å². The fourth-order valence-electron chi connectivity index (χ4n) is 1.84. The van der Waals surface area contributed by atoms with Crippen LogP contribution in [-0.2, 0) is 11.2 Å². The van der Waals surface area contributed by atoms with Crippen molar-refractivity contribution in [3.05, 3.63) is 20.3 Å². The van der Waals surface area contributed by atoms with Crippen molar-refractivity contribution in [2.24, 2.45) is 0 Å². The molecular formula is C10H14BrNOS. The molecule has 0 aromatic carbocycles. The Morgan fingerprint density at radius 3 is 3.14 bits per heavy atom. The Morgan fingerprint density at radius 1 is 1.64 bits per heavy atom. The third-order valence-corrected chi connectivity index (χ3v) is 4.35. The van der Waals surface area contributed by atoms with E-state index in [1.807, 2.05) is 11.3 Å².